The van der Waals surface area contributed by atoms with Crippen molar-refractivity contribution in [3.8, 4) is 5.75 Å². The van der Waals surface area contributed by atoms with Gasteiger partial charge in [0.2, 0.25) is 0 Å². The average Bonchev–Trinajstić information content (AvgIpc) is 3.14. The van der Waals surface area contributed by atoms with Crippen LogP contribution in [0.1, 0.15) is 34.3 Å². The quantitative estimate of drug-likeness (QED) is 0.752. The Morgan fingerprint density at radius 1 is 1.25 bits per heavy atom. The fourth-order valence-electron chi connectivity index (χ4n) is 3.11. The van der Waals surface area contributed by atoms with Gasteiger partial charge in [-0.3, -0.25) is 4.79 Å². The maximum Gasteiger partial charge on any atom is 0.326 e. The van der Waals surface area contributed by atoms with Gasteiger partial charge in [0, 0.05) is 17.6 Å². The van der Waals surface area contributed by atoms with E-state index in [1.165, 1.54) is 6.07 Å². The highest BCUT2D eigenvalue weighted by atomic mass is 35.5. The molecule has 1 aliphatic rings. The fourth-order valence-corrected chi connectivity index (χ4v) is 3.53. The molecule has 1 saturated heterocycles. The first-order valence-electron chi connectivity index (χ1n) is 8.68. The van der Waals surface area contributed by atoms with Crippen molar-refractivity contribution in [2.24, 2.45) is 0 Å². The Hall–Kier alpha value is -2.31. The molecule has 148 valence electrons. The van der Waals surface area contributed by atoms with Gasteiger partial charge in [-0.05, 0) is 43.0 Å². The second-order valence-corrected chi connectivity index (χ2v) is 7.44. The zero-order valence-electron chi connectivity index (χ0n) is 15.0. The zero-order chi connectivity index (χ0) is 20.4. The van der Waals surface area contributed by atoms with Crippen LogP contribution in [-0.4, -0.2) is 34.5 Å². The van der Waals surface area contributed by atoms with Crippen molar-refractivity contribution in [3.63, 3.8) is 0 Å². The molecule has 3 rings (SSSR count). The van der Waals surface area contributed by atoms with Crippen LogP contribution in [0, 0.1) is 12.7 Å². The summed E-state index contributed by atoms with van der Waals surface area (Å²) in [6.07, 6.45) is 0.898. The number of hydrogen-bond donors (Lipinski definition) is 1. The van der Waals surface area contributed by atoms with E-state index in [4.69, 9.17) is 27.9 Å². The number of benzene rings is 2. The largest absolute Gasteiger partial charge is 0.487 e. The second-order valence-electron chi connectivity index (χ2n) is 6.63. The number of hydrogen-bond acceptors (Lipinski definition) is 3. The van der Waals surface area contributed by atoms with Crippen molar-refractivity contribution in [1.82, 2.24) is 4.90 Å². The first-order valence-corrected chi connectivity index (χ1v) is 9.44. The number of carbonyl (C=O) groups excluding carboxylic acids is 1. The van der Waals surface area contributed by atoms with Crippen molar-refractivity contribution in [2.75, 3.05) is 6.54 Å². The number of carboxylic acid groups (broad SMARTS) is 1. The number of nitrogens with zero attached hydrogens (tertiary/aromatic N) is 1. The van der Waals surface area contributed by atoms with E-state index in [-0.39, 0.29) is 29.5 Å². The lowest BCUT2D eigenvalue weighted by Crippen LogP contribution is -2.40. The van der Waals surface area contributed by atoms with Crippen molar-refractivity contribution < 1.29 is 23.8 Å². The standard InChI is InChI=1S/C20H18Cl2FNO4/c1-11-4-5-12(7-14(11)21)10-28-18-9-16(23)13(8-15(18)22)19(25)24-6-2-3-17(24)20(26)27/h4-5,7-9,17H,2-3,6,10H2,1H3,(H,26,27)/t17-/m0/s1. The molecule has 0 radical (unpaired) electrons. The van der Waals surface area contributed by atoms with E-state index in [1.54, 1.807) is 6.07 Å². The van der Waals surface area contributed by atoms with Crippen molar-refractivity contribution in [2.45, 2.75) is 32.4 Å². The zero-order valence-corrected chi connectivity index (χ0v) is 16.6. The molecule has 1 atom stereocenters. The first-order chi connectivity index (χ1) is 13.3. The third-order valence-corrected chi connectivity index (χ3v) is 5.38. The molecule has 0 unspecified atom stereocenters. The van der Waals surface area contributed by atoms with Gasteiger partial charge in [0.15, 0.2) is 0 Å². The van der Waals surface area contributed by atoms with Crippen LogP contribution >= 0.6 is 23.2 Å². The molecule has 2 aromatic rings. The molecule has 1 fully saturated rings. The third kappa shape index (κ3) is 4.23. The summed E-state index contributed by atoms with van der Waals surface area (Å²) in [6, 6.07) is 6.69. The van der Waals surface area contributed by atoms with Crippen LogP contribution in [0.4, 0.5) is 4.39 Å². The number of rotatable bonds is 5. The van der Waals surface area contributed by atoms with Gasteiger partial charge in [-0.15, -0.1) is 0 Å². The summed E-state index contributed by atoms with van der Waals surface area (Å²) < 4.78 is 20.1. The van der Waals surface area contributed by atoms with Crippen LogP contribution < -0.4 is 4.74 Å². The Bertz CT molecular complexity index is 935. The molecule has 0 aromatic heterocycles. The van der Waals surface area contributed by atoms with Gasteiger partial charge in [-0.1, -0.05) is 35.3 Å². The number of amides is 1. The van der Waals surface area contributed by atoms with Crippen LogP contribution in [0.25, 0.3) is 0 Å². The Labute approximate surface area is 171 Å². The monoisotopic (exact) mass is 425 g/mol. The van der Waals surface area contributed by atoms with Gasteiger partial charge in [0.25, 0.3) is 5.91 Å². The van der Waals surface area contributed by atoms with E-state index >= 15 is 0 Å². The second kappa shape index (κ2) is 8.37. The highest BCUT2D eigenvalue weighted by Crippen LogP contribution is 2.31. The van der Waals surface area contributed by atoms with Crippen molar-refractivity contribution in [3.05, 3.63) is 62.9 Å². The lowest BCUT2D eigenvalue weighted by molar-refractivity contribution is -0.141. The molecule has 5 nitrogen and oxygen atoms in total. The van der Waals surface area contributed by atoms with Gasteiger partial charge in [0.1, 0.15) is 24.2 Å². The molecule has 0 aliphatic carbocycles. The summed E-state index contributed by atoms with van der Waals surface area (Å²) in [4.78, 5) is 25.0. The lowest BCUT2D eigenvalue weighted by Gasteiger charge is -2.22. The maximum absolute atomic E-state index is 14.6. The van der Waals surface area contributed by atoms with Crippen molar-refractivity contribution in [1.29, 1.82) is 0 Å². The molecule has 1 N–H and O–H groups in total. The number of ether oxygens (including phenoxy) is 1. The summed E-state index contributed by atoms with van der Waals surface area (Å²) in [5.41, 5.74) is 1.44. The molecular formula is C20H18Cl2FNO4. The Morgan fingerprint density at radius 3 is 2.68 bits per heavy atom. The van der Waals surface area contributed by atoms with E-state index < -0.39 is 23.7 Å². The molecule has 1 heterocycles. The lowest BCUT2D eigenvalue weighted by atomic mass is 10.1. The van der Waals surface area contributed by atoms with E-state index in [0.29, 0.717) is 17.9 Å². The number of aryl methyl sites for hydroxylation is 1. The Balaban J connectivity index is 1.77. The highest BCUT2D eigenvalue weighted by Gasteiger charge is 2.35. The fraction of sp³-hybridized carbons (Fsp3) is 0.300. The summed E-state index contributed by atoms with van der Waals surface area (Å²) in [5.74, 6) is -2.53. The summed E-state index contributed by atoms with van der Waals surface area (Å²) in [7, 11) is 0. The molecule has 28 heavy (non-hydrogen) atoms. The predicted molar refractivity (Wildman–Crippen MR) is 104 cm³/mol. The summed E-state index contributed by atoms with van der Waals surface area (Å²) in [5, 5.41) is 9.88. The topological polar surface area (TPSA) is 66.8 Å². The number of carbonyl (C=O) groups is 2. The van der Waals surface area contributed by atoms with E-state index in [2.05, 4.69) is 0 Å². The molecule has 1 aliphatic heterocycles. The molecule has 0 bridgehead atoms. The van der Waals surface area contributed by atoms with E-state index in [1.807, 2.05) is 19.1 Å². The van der Waals surface area contributed by atoms with Gasteiger partial charge >= 0.3 is 5.97 Å². The smallest absolute Gasteiger partial charge is 0.326 e. The minimum Gasteiger partial charge on any atom is -0.487 e. The molecule has 0 saturated carbocycles. The predicted octanol–water partition coefficient (Wildman–Crippen LogP) is 4.71. The molecular weight excluding hydrogens is 408 g/mol. The SMILES string of the molecule is Cc1ccc(COc2cc(F)c(C(=O)N3CCC[C@H]3C(=O)O)cc2Cl)cc1Cl. The molecule has 8 heteroatoms. The van der Waals surface area contributed by atoms with Crippen LogP contribution in [0.5, 0.6) is 5.75 Å². The number of aliphatic carboxylic acids is 1. The summed E-state index contributed by atoms with van der Waals surface area (Å²) in [6.45, 7) is 2.27. The molecule has 0 spiro atoms. The van der Waals surface area contributed by atoms with Crippen molar-refractivity contribution >= 4 is 35.1 Å². The van der Waals surface area contributed by atoms with Gasteiger partial charge in [-0.25, -0.2) is 9.18 Å². The van der Waals surface area contributed by atoms with E-state index in [9.17, 15) is 19.1 Å². The Kier molecular flexibility index (Phi) is 6.10. The van der Waals surface area contributed by atoms with E-state index in [0.717, 1.165) is 22.1 Å². The number of carboxylic acids is 1. The minimum atomic E-state index is -1.10. The number of halogens is 3. The Morgan fingerprint density at radius 2 is 2.00 bits per heavy atom. The number of likely N-dealkylation sites (tertiary alicyclic amines) is 1. The van der Waals surface area contributed by atoms with Crippen LogP contribution in [-0.2, 0) is 11.4 Å². The third-order valence-electron chi connectivity index (χ3n) is 4.68. The van der Waals surface area contributed by atoms with Crippen LogP contribution in [0.2, 0.25) is 10.0 Å². The maximum atomic E-state index is 14.6. The average molecular weight is 426 g/mol. The van der Waals surface area contributed by atoms with Gasteiger partial charge < -0.3 is 14.7 Å². The molecule has 1 amide bonds. The normalized spacial score (nSPS) is 16.3. The molecule has 2 aromatic carbocycles. The first kappa shape index (κ1) is 20.4. The van der Waals surface area contributed by atoms with Crippen LogP contribution in [0.15, 0.2) is 30.3 Å². The van der Waals surface area contributed by atoms with Gasteiger partial charge in [-0.2, -0.15) is 0 Å². The highest BCUT2D eigenvalue weighted by molar-refractivity contribution is 6.32. The summed E-state index contributed by atoms with van der Waals surface area (Å²) >= 11 is 12.2. The van der Waals surface area contributed by atoms with Gasteiger partial charge in [0.05, 0.1) is 10.6 Å². The minimum absolute atomic E-state index is 0.0639. The van der Waals surface area contributed by atoms with Crippen LogP contribution in [0.3, 0.4) is 0 Å².